The van der Waals surface area contributed by atoms with E-state index in [0.29, 0.717) is 13.2 Å². The van der Waals surface area contributed by atoms with Crippen molar-refractivity contribution in [2.24, 2.45) is 0 Å². The van der Waals surface area contributed by atoms with Gasteiger partial charge in [0.15, 0.2) is 0 Å². The number of benzene rings is 1. The normalized spacial score (nSPS) is 16.3. The topological polar surface area (TPSA) is 41.5 Å². The summed E-state index contributed by atoms with van der Waals surface area (Å²) >= 11 is 0. The average Bonchev–Trinajstić information content (AvgIpc) is 2.43. The summed E-state index contributed by atoms with van der Waals surface area (Å²) in [5.74, 6) is 0. The van der Waals surface area contributed by atoms with Gasteiger partial charge in [-0.3, -0.25) is 0 Å². The first-order chi connectivity index (χ1) is 8.81. The molecule has 1 aliphatic rings. The monoisotopic (exact) mass is 249 g/mol. The zero-order valence-electron chi connectivity index (χ0n) is 11.1. The smallest absolute Gasteiger partial charge is 0.0914 e. The van der Waals surface area contributed by atoms with Crippen molar-refractivity contribution < 1.29 is 9.84 Å². The third-order valence-corrected chi connectivity index (χ3v) is 3.58. The van der Waals surface area contributed by atoms with Gasteiger partial charge in [0.05, 0.1) is 12.7 Å². The van der Waals surface area contributed by atoms with Crippen LogP contribution in [0.5, 0.6) is 0 Å². The highest BCUT2D eigenvalue weighted by molar-refractivity contribution is 5.34. The van der Waals surface area contributed by atoms with Crippen molar-refractivity contribution in [2.45, 2.75) is 31.8 Å². The largest absolute Gasteiger partial charge is 0.387 e. The van der Waals surface area contributed by atoms with E-state index in [-0.39, 0.29) is 0 Å². The molecule has 0 bridgehead atoms. The van der Waals surface area contributed by atoms with Crippen LogP contribution >= 0.6 is 0 Å². The third kappa shape index (κ3) is 3.55. The Hall–Kier alpha value is -0.900. The number of aryl methyl sites for hydroxylation is 2. The first-order valence-electron chi connectivity index (χ1n) is 6.80. The summed E-state index contributed by atoms with van der Waals surface area (Å²) in [4.78, 5) is 0. The summed E-state index contributed by atoms with van der Waals surface area (Å²) in [5.41, 5.74) is 3.92. The Labute approximate surface area is 109 Å². The molecule has 18 heavy (non-hydrogen) atoms. The third-order valence-electron chi connectivity index (χ3n) is 3.58. The van der Waals surface area contributed by atoms with Gasteiger partial charge in [-0.25, -0.2) is 0 Å². The number of hydrogen-bond acceptors (Lipinski definition) is 3. The molecule has 100 valence electrons. The number of nitrogens with one attached hydrogen (secondary N) is 1. The molecule has 1 atom stereocenters. The number of ether oxygens (including phenoxy) is 1. The number of methoxy groups -OCH3 is 1. The maximum Gasteiger partial charge on any atom is 0.0914 e. The van der Waals surface area contributed by atoms with Crippen molar-refractivity contribution in [3.8, 4) is 0 Å². The Morgan fingerprint density at radius 2 is 2.06 bits per heavy atom. The van der Waals surface area contributed by atoms with Crippen LogP contribution in [-0.2, 0) is 17.6 Å². The van der Waals surface area contributed by atoms with Crippen molar-refractivity contribution in [3.05, 3.63) is 34.9 Å². The number of fused-ring (bicyclic) bond motifs is 1. The lowest BCUT2D eigenvalue weighted by molar-refractivity contribution is 0.161. The molecule has 1 aromatic carbocycles. The Morgan fingerprint density at radius 1 is 1.28 bits per heavy atom. The quantitative estimate of drug-likeness (QED) is 0.756. The highest BCUT2D eigenvalue weighted by atomic mass is 16.5. The molecule has 0 amide bonds. The van der Waals surface area contributed by atoms with Gasteiger partial charge in [0.25, 0.3) is 0 Å². The van der Waals surface area contributed by atoms with Crippen molar-refractivity contribution in [2.75, 3.05) is 26.8 Å². The molecule has 1 unspecified atom stereocenters. The van der Waals surface area contributed by atoms with Crippen molar-refractivity contribution in [1.29, 1.82) is 0 Å². The average molecular weight is 249 g/mol. The van der Waals surface area contributed by atoms with Crippen LogP contribution in [0.25, 0.3) is 0 Å². The molecule has 3 nitrogen and oxygen atoms in total. The summed E-state index contributed by atoms with van der Waals surface area (Å²) in [6.07, 6.45) is 4.51. The Bertz CT molecular complexity index is 379. The van der Waals surface area contributed by atoms with E-state index in [9.17, 15) is 5.11 Å². The van der Waals surface area contributed by atoms with E-state index in [1.54, 1.807) is 7.11 Å². The fourth-order valence-electron chi connectivity index (χ4n) is 2.49. The number of aliphatic hydroxyl groups is 1. The molecule has 2 rings (SSSR count). The summed E-state index contributed by atoms with van der Waals surface area (Å²) in [5, 5.41) is 13.3. The molecule has 0 saturated carbocycles. The van der Waals surface area contributed by atoms with E-state index in [4.69, 9.17) is 4.74 Å². The maximum absolute atomic E-state index is 10.1. The van der Waals surface area contributed by atoms with E-state index in [0.717, 1.165) is 18.5 Å². The van der Waals surface area contributed by atoms with Crippen LogP contribution in [0, 0.1) is 0 Å². The predicted molar refractivity (Wildman–Crippen MR) is 72.8 cm³/mol. The highest BCUT2D eigenvalue weighted by Crippen LogP contribution is 2.24. The zero-order chi connectivity index (χ0) is 12.8. The standard InChI is InChI=1S/C15H23NO2/c1-18-9-8-16-11-15(17)14-7-6-12-4-2-3-5-13(12)10-14/h6-7,10,15-17H,2-5,8-9,11H2,1H3. The second-order valence-corrected chi connectivity index (χ2v) is 4.95. The summed E-state index contributed by atoms with van der Waals surface area (Å²) < 4.78 is 4.96. The number of rotatable bonds is 6. The Balaban J connectivity index is 1.91. The number of aliphatic hydroxyl groups excluding tert-OH is 1. The summed E-state index contributed by atoms with van der Waals surface area (Å²) in [6.45, 7) is 2.04. The van der Waals surface area contributed by atoms with E-state index in [2.05, 4.69) is 23.5 Å². The molecule has 0 radical (unpaired) electrons. The highest BCUT2D eigenvalue weighted by Gasteiger charge is 2.13. The molecule has 2 N–H and O–H groups in total. The molecule has 1 aliphatic carbocycles. The first kappa shape index (κ1) is 13.5. The molecule has 0 heterocycles. The molecule has 1 aromatic rings. The van der Waals surface area contributed by atoms with Crippen LogP contribution in [0.1, 0.15) is 35.6 Å². The van der Waals surface area contributed by atoms with Crippen LogP contribution < -0.4 is 5.32 Å². The van der Waals surface area contributed by atoms with Crippen LogP contribution in [0.2, 0.25) is 0 Å². The zero-order valence-corrected chi connectivity index (χ0v) is 11.1. The maximum atomic E-state index is 10.1. The minimum Gasteiger partial charge on any atom is -0.387 e. The number of hydrogen-bond donors (Lipinski definition) is 2. The molecule has 0 saturated heterocycles. The molecule has 0 aromatic heterocycles. The van der Waals surface area contributed by atoms with Gasteiger partial charge in [0, 0.05) is 20.2 Å². The SMILES string of the molecule is COCCNCC(O)c1ccc2c(c1)CCCC2. The summed E-state index contributed by atoms with van der Waals surface area (Å²) in [6, 6.07) is 6.42. The van der Waals surface area contributed by atoms with Gasteiger partial charge in [-0.15, -0.1) is 0 Å². The van der Waals surface area contributed by atoms with E-state index in [1.807, 2.05) is 0 Å². The lowest BCUT2D eigenvalue weighted by Gasteiger charge is -2.19. The predicted octanol–water partition coefficient (Wildman–Crippen LogP) is 1.83. The van der Waals surface area contributed by atoms with Gasteiger partial charge in [0.1, 0.15) is 0 Å². The summed E-state index contributed by atoms with van der Waals surface area (Å²) in [7, 11) is 1.68. The van der Waals surface area contributed by atoms with Crippen LogP contribution in [0.3, 0.4) is 0 Å². The van der Waals surface area contributed by atoms with Gasteiger partial charge in [-0.05, 0) is 42.4 Å². The second-order valence-electron chi connectivity index (χ2n) is 4.95. The molecular weight excluding hydrogens is 226 g/mol. The molecule has 0 fully saturated rings. The first-order valence-corrected chi connectivity index (χ1v) is 6.80. The van der Waals surface area contributed by atoms with Crippen molar-refractivity contribution in [3.63, 3.8) is 0 Å². The molecular formula is C15H23NO2. The fourth-order valence-corrected chi connectivity index (χ4v) is 2.49. The Kier molecular flexibility index (Phi) is 5.17. The molecule has 0 spiro atoms. The van der Waals surface area contributed by atoms with Crippen molar-refractivity contribution >= 4 is 0 Å². The van der Waals surface area contributed by atoms with E-state index in [1.165, 1.54) is 30.4 Å². The molecule has 3 heteroatoms. The minimum absolute atomic E-state index is 0.422. The van der Waals surface area contributed by atoms with Crippen LogP contribution in [-0.4, -0.2) is 31.9 Å². The van der Waals surface area contributed by atoms with Gasteiger partial charge >= 0.3 is 0 Å². The van der Waals surface area contributed by atoms with Gasteiger partial charge in [-0.1, -0.05) is 18.2 Å². The van der Waals surface area contributed by atoms with Gasteiger partial charge in [0.2, 0.25) is 0 Å². The lowest BCUT2D eigenvalue weighted by atomic mass is 9.89. The molecule has 0 aliphatic heterocycles. The van der Waals surface area contributed by atoms with Crippen LogP contribution in [0.4, 0.5) is 0 Å². The fraction of sp³-hybridized carbons (Fsp3) is 0.600. The minimum atomic E-state index is -0.422. The van der Waals surface area contributed by atoms with E-state index >= 15 is 0 Å². The van der Waals surface area contributed by atoms with Crippen LogP contribution in [0.15, 0.2) is 18.2 Å². The van der Waals surface area contributed by atoms with Gasteiger partial charge in [-0.2, -0.15) is 0 Å². The lowest BCUT2D eigenvalue weighted by Crippen LogP contribution is -2.25. The second kappa shape index (κ2) is 6.88. The van der Waals surface area contributed by atoms with E-state index < -0.39 is 6.10 Å². The van der Waals surface area contributed by atoms with Crippen molar-refractivity contribution in [1.82, 2.24) is 5.32 Å². The Morgan fingerprint density at radius 3 is 2.83 bits per heavy atom. The van der Waals surface area contributed by atoms with Gasteiger partial charge < -0.3 is 15.2 Å².